The first-order valence-corrected chi connectivity index (χ1v) is 7.49. The van der Waals surface area contributed by atoms with Gasteiger partial charge < -0.3 is 5.32 Å². The van der Waals surface area contributed by atoms with Crippen molar-refractivity contribution < 1.29 is 4.79 Å². The van der Waals surface area contributed by atoms with Gasteiger partial charge in [-0.05, 0) is 23.8 Å². The fraction of sp³-hybridized carbons (Fsp3) is 0.125. The maximum Gasteiger partial charge on any atom is 0.226 e. The van der Waals surface area contributed by atoms with Gasteiger partial charge in [-0.15, -0.1) is 0 Å². The molecule has 6 nitrogen and oxygen atoms in total. The summed E-state index contributed by atoms with van der Waals surface area (Å²) in [6.07, 6.45) is 7.05. The van der Waals surface area contributed by atoms with Crippen LogP contribution in [0.25, 0.3) is 11.3 Å². The Bertz CT molecular complexity index is 877. The lowest BCUT2D eigenvalue weighted by molar-refractivity contribution is -0.116. The van der Waals surface area contributed by atoms with Crippen molar-refractivity contribution in [3.63, 3.8) is 0 Å². The van der Waals surface area contributed by atoms with Crippen molar-refractivity contribution in [1.29, 1.82) is 0 Å². The number of amides is 1. The number of halogens is 1. The Morgan fingerprint density at radius 1 is 1.17 bits per heavy atom. The number of aromatic nitrogens is 4. The van der Waals surface area contributed by atoms with Crippen molar-refractivity contribution in [3.8, 4) is 11.3 Å². The normalized spacial score (nSPS) is 16.7. The standard InChI is InChI=1S/C16H12ClN5O/c17-12-8-19-5-3-10(12)11-6-13(23)20-16-14(11)15(21-22-16)9-2-1-4-18-7-9/h1-5,7-8,11H,6H2,(H2,20,21,22,23). The second-order valence-electron chi connectivity index (χ2n) is 5.30. The first-order valence-electron chi connectivity index (χ1n) is 7.12. The zero-order valence-electron chi connectivity index (χ0n) is 12.0. The maximum absolute atomic E-state index is 12.0. The van der Waals surface area contributed by atoms with Gasteiger partial charge in [0.15, 0.2) is 5.82 Å². The molecule has 3 aromatic rings. The second-order valence-corrected chi connectivity index (χ2v) is 5.71. The summed E-state index contributed by atoms with van der Waals surface area (Å²) >= 11 is 6.30. The van der Waals surface area contributed by atoms with E-state index in [1.807, 2.05) is 18.2 Å². The number of H-pyrrole nitrogens is 1. The molecule has 0 bridgehead atoms. The van der Waals surface area contributed by atoms with E-state index in [9.17, 15) is 4.79 Å². The molecule has 0 fully saturated rings. The van der Waals surface area contributed by atoms with Crippen molar-refractivity contribution in [1.82, 2.24) is 20.2 Å². The fourth-order valence-corrected chi connectivity index (χ4v) is 3.17. The molecule has 1 atom stereocenters. The van der Waals surface area contributed by atoms with Crippen molar-refractivity contribution >= 4 is 23.3 Å². The third kappa shape index (κ3) is 2.37. The quantitative estimate of drug-likeness (QED) is 0.758. The van der Waals surface area contributed by atoms with E-state index in [1.165, 1.54) is 0 Å². The molecule has 0 saturated carbocycles. The lowest BCUT2D eigenvalue weighted by Crippen LogP contribution is -2.23. The molecule has 2 N–H and O–H groups in total. The number of anilines is 1. The van der Waals surface area contributed by atoms with Gasteiger partial charge in [0.1, 0.15) is 0 Å². The van der Waals surface area contributed by atoms with Gasteiger partial charge in [-0.3, -0.25) is 19.9 Å². The monoisotopic (exact) mass is 325 g/mol. The topological polar surface area (TPSA) is 83.6 Å². The second kappa shape index (κ2) is 5.48. The molecule has 23 heavy (non-hydrogen) atoms. The van der Waals surface area contributed by atoms with Crippen LogP contribution in [-0.4, -0.2) is 26.1 Å². The Hall–Kier alpha value is -2.73. The van der Waals surface area contributed by atoms with Crippen LogP contribution >= 0.6 is 11.6 Å². The van der Waals surface area contributed by atoms with Gasteiger partial charge in [0.05, 0.1) is 10.7 Å². The molecule has 4 heterocycles. The summed E-state index contributed by atoms with van der Waals surface area (Å²) in [5.41, 5.74) is 3.54. The molecule has 0 aromatic carbocycles. The van der Waals surface area contributed by atoms with Gasteiger partial charge in [0, 0.05) is 48.3 Å². The van der Waals surface area contributed by atoms with Crippen LogP contribution in [0.2, 0.25) is 5.02 Å². The summed E-state index contributed by atoms with van der Waals surface area (Å²) in [4.78, 5) is 20.2. The summed E-state index contributed by atoms with van der Waals surface area (Å²) in [5.74, 6) is 0.279. The highest BCUT2D eigenvalue weighted by Gasteiger charge is 2.33. The van der Waals surface area contributed by atoms with Gasteiger partial charge >= 0.3 is 0 Å². The Kier molecular flexibility index (Phi) is 3.31. The lowest BCUT2D eigenvalue weighted by atomic mass is 9.85. The molecule has 0 aliphatic carbocycles. The minimum Gasteiger partial charge on any atom is -0.309 e. The van der Waals surface area contributed by atoms with E-state index < -0.39 is 0 Å². The zero-order chi connectivity index (χ0) is 15.8. The van der Waals surface area contributed by atoms with Crippen LogP contribution in [0.4, 0.5) is 5.82 Å². The number of hydrogen-bond donors (Lipinski definition) is 2. The van der Waals surface area contributed by atoms with Crippen molar-refractivity contribution in [2.75, 3.05) is 5.32 Å². The highest BCUT2D eigenvalue weighted by Crippen LogP contribution is 2.43. The highest BCUT2D eigenvalue weighted by molar-refractivity contribution is 6.31. The Labute approximate surface area is 136 Å². The van der Waals surface area contributed by atoms with E-state index in [0.29, 0.717) is 17.3 Å². The molecule has 0 spiro atoms. The number of nitrogens with zero attached hydrogens (tertiary/aromatic N) is 3. The highest BCUT2D eigenvalue weighted by atomic mass is 35.5. The first kappa shape index (κ1) is 13.9. The number of rotatable bonds is 2. The number of fused-ring (bicyclic) bond motifs is 1. The average molecular weight is 326 g/mol. The Morgan fingerprint density at radius 3 is 2.83 bits per heavy atom. The number of aromatic amines is 1. The molecule has 1 unspecified atom stereocenters. The van der Waals surface area contributed by atoms with Crippen LogP contribution in [0.15, 0.2) is 43.0 Å². The molecular formula is C16H12ClN5O. The van der Waals surface area contributed by atoms with E-state index in [0.717, 1.165) is 22.4 Å². The lowest BCUT2D eigenvalue weighted by Gasteiger charge is -2.24. The van der Waals surface area contributed by atoms with Crippen molar-refractivity contribution in [3.05, 3.63) is 59.1 Å². The molecule has 1 aliphatic rings. The van der Waals surface area contributed by atoms with Crippen LogP contribution in [0.3, 0.4) is 0 Å². The van der Waals surface area contributed by atoms with Crippen LogP contribution < -0.4 is 5.32 Å². The number of carbonyl (C=O) groups excluding carboxylic acids is 1. The molecule has 1 amide bonds. The number of hydrogen-bond acceptors (Lipinski definition) is 4. The van der Waals surface area contributed by atoms with E-state index in [4.69, 9.17) is 11.6 Å². The Morgan fingerprint density at radius 2 is 2.04 bits per heavy atom. The summed E-state index contributed by atoms with van der Waals surface area (Å²) < 4.78 is 0. The molecule has 0 saturated heterocycles. The molecular weight excluding hydrogens is 314 g/mol. The molecule has 7 heteroatoms. The SMILES string of the molecule is O=C1CC(c2ccncc2Cl)c2c(n[nH]c2-c2cccnc2)N1. The maximum atomic E-state index is 12.0. The minimum absolute atomic E-state index is 0.0837. The van der Waals surface area contributed by atoms with Gasteiger partial charge in [0.25, 0.3) is 0 Å². The molecule has 3 aromatic heterocycles. The Balaban J connectivity index is 1.91. The third-order valence-electron chi connectivity index (χ3n) is 3.93. The van der Waals surface area contributed by atoms with E-state index in [1.54, 1.807) is 24.8 Å². The summed E-state index contributed by atoms with van der Waals surface area (Å²) in [6, 6.07) is 5.65. The van der Waals surface area contributed by atoms with E-state index in [-0.39, 0.29) is 11.8 Å². The van der Waals surface area contributed by atoms with E-state index >= 15 is 0 Å². The number of nitrogens with one attached hydrogen (secondary N) is 2. The number of pyridine rings is 2. The van der Waals surface area contributed by atoms with Crippen molar-refractivity contribution in [2.24, 2.45) is 0 Å². The molecule has 114 valence electrons. The van der Waals surface area contributed by atoms with Gasteiger partial charge in [0.2, 0.25) is 5.91 Å². The van der Waals surface area contributed by atoms with Crippen LogP contribution in [0, 0.1) is 0 Å². The van der Waals surface area contributed by atoms with E-state index in [2.05, 4.69) is 25.5 Å². The molecule has 4 rings (SSSR count). The smallest absolute Gasteiger partial charge is 0.226 e. The molecule has 0 radical (unpaired) electrons. The zero-order valence-corrected chi connectivity index (χ0v) is 12.7. The minimum atomic E-state index is -0.178. The van der Waals surface area contributed by atoms with Crippen LogP contribution in [-0.2, 0) is 4.79 Å². The fourth-order valence-electron chi connectivity index (χ4n) is 2.92. The number of carbonyl (C=O) groups is 1. The van der Waals surface area contributed by atoms with Gasteiger partial charge in [-0.1, -0.05) is 11.6 Å². The first-order chi connectivity index (χ1) is 11.2. The largest absolute Gasteiger partial charge is 0.309 e. The van der Waals surface area contributed by atoms with Crippen molar-refractivity contribution in [2.45, 2.75) is 12.3 Å². The third-order valence-corrected chi connectivity index (χ3v) is 4.25. The summed E-state index contributed by atoms with van der Waals surface area (Å²) in [6.45, 7) is 0. The summed E-state index contributed by atoms with van der Waals surface area (Å²) in [7, 11) is 0. The van der Waals surface area contributed by atoms with Crippen LogP contribution in [0.1, 0.15) is 23.5 Å². The van der Waals surface area contributed by atoms with Gasteiger partial charge in [-0.2, -0.15) is 5.10 Å². The molecule has 1 aliphatic heterocycles. The van der Waals surface area contributed by atoms with Crippen LogP contribution in [0.5, 0.6) is 0 Å². The summed E-state index contributed by atoms with van der Waals surface area (Å²) in [5, 5.41) is 10.6. The van der Waals surface area contributed by atoms with Gasteiger partial charge in [-0.25, -0.2) is 0 Å². The predicted molar refractivity (Wildman–Crippen MR) is 86.2 cm³/mol. The predicted octanol–water partition coefficient (Wildman–Crippen LogP) is 2.99. The average Bonchev–Trinajstić information content (AvgIpc) is 2.99.